The third-order valence-electron chi connectivity index (χ3n) is 4.82. The van der Waals surface area contributed by atoms with Gasteiger partial charge in [0.15, 0.2) is 0 Å². The van der Waals surface area contributed by atoms with Gasteiger partial charge in [0.1, 0.15) is 0 Å². The highest BCUT2D eigenvalue weighted by atomic mass is 16.2. The largest absolute Gasteiger partial charge is 0.326 e. The van der Waals surface area contributed by atoms with Gasteiger partial charge in [-0.3, -0.25) is 25.2 Å². The molecule has 0 saturated carbocycles. The summed E-state index contributed by atoms with van der Waals surface area (Å²) in [5.41, 5.74) is 9.93. The minimum Gasteiger partial charge on any atom is -0.326 e. The van der Waals surface area contributed by atoms with Gasteiger partial charge in [0.25, 0.3) is 5.91 Å². The number of rotatable bonds is 6. The van der Waals surface area contributed by atoms with Gasteiger partial charge in [-0.25, -0.2) is 0 Å². The number of hydrazine groups is 1. The normalized spacial score (nSPS) is 10.3. The topological polar surface area (TPSA) is 87.3 Å². The van der Waals surface area contributed by atoms with Crippen LogP contribution in [0.3, 0.4) is 0 Å². The van der Waals surface area contributed by atoms with Crippen molar-refractivity contribution in [3.8, 4) is 11.1 Å². The van der Waals surface area contributed by atoms with Gasteiger partial charge < -0.3 is 5.32 Å². The lowest BCUT2D eigenvalue weighted by atomic mass is 10.0. The summed E-state index contributed by atoms with van der Waals surface area (Å²) >= 11 is 0. The zero-order valence-electron chi connectivity index (χ0n) is 17.6. The standard InChI is InChI=1S/C25H25N3O3/c1-17-8-9-18(2)22(16-17)26-23(29)14-15-24(30)27-28-25(31)21-12-10-20(11-13-21)19-6-4-3-5-7-19/h3-13,16H,14-15H2,1-2H3,(H,26,29)(H,27,30)(H,28,31). The summed E-state index contributed by atoms with van der Waals surface area (Å²) < 4.78 is 0. The molecule has 0 radical (unpaired) electrons. The van der Waals surface area contributed by atoms with E-state index in [0.717, 1.165) is 27.9 Å². The number of nitrogens with one attached hydrogen (secondary N) is 3. The number of amides is 3. The summed E-state index contributed by atoms with van der Waals surface area (Å²) in [5.74, 6) is -1.12. The van der Waals surface area contributed by atoms with Gasteiger partial charge in [0, 0.05) is 24.1 Å². The Labute approximate surface area is 181 Å². The molecule has 0 spiro atoms. The molecular weight excluding hydrogens is 390 g/mol. The summed E-state index contributed by atoms with van der Waals surface area (Å²) in [6.45, 7) is 3.85. The maximum atomic E-state index is 12.2. The second kappa shape index (κ2) is 10.2. The van der Waals surface area contributed by atoms with Gasteiger partial charge in [0.05, 0.1) is 0 Å². The molecule has 0 saturated heterocycles. The Bertz CT molecular complexity index is 1080. The Hall–Kier alpha value is -3.93. The zero-order chi connectivity index (χ0) is 22.2. The van der Waals surface area contributed by atoms with Crippen molar-refractivity contribution in [3.63, 3.8) is 0 Å². The molecule has 0 bridgehead atoms. The highest BCUT2D eigenvalue weighted by Crippen LogP contribution is 2.19. The molecule has 0 unspecified atom stereocenters. The van der Waals surface area contributed by atoms with E-state index < -0.39 is 11.8 Å². The first-order valence-electron chi connectivity index (χ1n) is 10.0. The SMILES string of the molecule is Cc1ccc(C)c(NC(=O)CCC(=O)NNC(=O)c2ccc(-c3ccccc3)cc2)c1. The quantitative estimate of drug-likeness (QED) is 0.529. The Balaban J connectivity index is 1.44. The highest BCUT2D eigenvalue weighted by Gasteiger charge is 2.11. The van der Waals surface area contributed by atoms with Gasteiger partial charge in [-0.15, -0.1) is 0 Å². The fraction of sp³-hybridized carbons (Fsp3) is 0.160. The third-order valence-corrected chi connectivity index (χ3v) is 4.82. The summed E-state index contributed by atoms with van der Waals surface area (Å²) in [7, 11) is 0. The zero-order valence-corrected chi connectivity index (χ0v) is 17.6. The molecule has 6 heteroatoms. The third kappa shape index (κ3) is 6.27. The van der Waals surface area contributed by atoms with E-state index in [9.17, 15) is 14.4 Å². The monoisotopic (exact) mass is 415 g/mol. The fourth-order valence-corrected chi connectivity index (χ4v) is 3.02. The van der Waals surface area contributed by atoms with Crippen LogP contribution in [0, 0.1) is 13.8 Å². The first-order chi connectivity index (χ1) is 14.9. The number of hydrogen-bond donors (Lipinski definition) is 3. The summed E-state index contributed by atoms with van der Waals surface area (Å²) in [5, 5.41) is 2.81. The Morgan fingerprint density at radius 2 is 1.35 bits per heavy atom. The van der Waals surface area contributed by atoms with Crippen molar-refractivity contribution in [2.24, 2.45) is 0 Å². The van der Waals surface area contributed by atoms with Crippen LogP contribution in [0.4, 0.5) is 5.69 Å². The summed E-state index contributed by atoms with van der Waals surface area (Å²) in [4.78, 5) is 36.3. The maximum Gasteiger partial charge on any atom is 0.269 e. The predicted molar refractivity (Wildman–Crippen MR) is 121 cm³/mol. The molecule has 0 heterocycles. The molecule has 0 aliphatic heterocycles. The highest BCUT2D eigenvalue weighted by molar-refractivity contribution is 5.97. The van der Waals surface area contributed by atoms with Crippen LogP contribution in [0.5, 0.6) is 0 Å². The fourth-order valence-electron chi connectivity index (χ4n) is 3.02. The molecule has 3 rings (SSSR count). The van der Waals surface area contributed by atoms with Crippen LogP contribution in [0.15, 0.2) is 72.8 Å². The van der Waals surface area contributed by atoms with Crippen molar-refractivity contribution < 1.29 is 14.4 Å². The Morgan fingerprint density at radius 1 is 0.710 bits per heavy atom. The van der Waals surface area contributed by atoms with Gasteiger partial charge in [0.2, 0.25) is 11.8 Å². The minimum atomic E-state index is -0.439. The summed E-state index contributed by atoms with van der Waals surface area (Å²) in [6.07, 6.45) is -0.0230. The van der Waals surface area contributed by atoms with Crippen LogP contribution in [-0.4, -0.2) is 17.7 Å². The maximum absolute atomic E-state index is 12.2. The molecule has 3 N–H and O–H groups in total. The Morgan fingerprint density at radius 3 is 2.06 bits per heavy atom. The van der Waals surface area contributed by atoms with E-state index in [1.807, 2.05) is 74.5 Å². The number of carbonyl (C=O) groups is 3. The van der Waals surface area contributed by atoms with Gasteiger partial charge in [-0.05, 0) is 54.3 Å². The molecule has 158 valence electrons. The lowest BCUT2D eigenvalue weighted by molar-refractivity contribution is -0.124. The van der Waals surface area contributed by atoms with E-state index in [1.165, 1.54) is 0 Å². The number of benzene rings is 3. The molecule has 0 aromatic heterocycles. The summed E-state index contributed by atoms with van der Waals surface area (Å²) in [6, 6.07) is 22.7. The van der Waals surface area contributed by atoms with E-state index in [2.05, 4.69) is 16.2 Å². The van der Waals surface area contributed by atoms with Gasteiger partial charge in [-0.2, -0.15) is 0 Å². The molecule has 31 heavy (non-hydrogen) atoms. The first-order valence-corrected chi connectivity index (χ1v) is 10.0. The lowest BCUT2D eigenvalue weighted by Gasteiger charge is -2.10. The van der Waals surface area contributed by atoms with Crippen LogP contribution < -0.4 is 16.2 Å². The van der Waals surface area contributed by atoms with E-state index in [4.69, 9.17) is 0 Å². The van der Waals surface area contributed by atoms with Crippen molar-refractivity contribution >= 4 is 23.4 Å². The van der Waals surface area contributed by atoms with Crippen LogP contribution in [-0.2, 0) is 9.59 Å². The average Bonchev–Trinajstić information content (AvgIpc) is 2.79. The lowest BCUT2D eigenvalue weighted by Crippen LogP contribution is -2.41. The van der Waals surface area contributed by atoms with Crippen molar-refractivity contribution in [1.29, 1.82) is 0 Å². The molecular formula is C25H25N3O3. The second-order valence-electron chi connectivity index (χ2n) is 7.31. The van der Waals surface area contributed by atoms with Crippen molar-refractivity contribution in [3.05, 3.63) is 89.5 Å². The van der Waals surface area contributed by atoms with Crippen LogP contribution in [0.2, 0.25) is 0 Å². The average molecular weight is 415 g/mol. The molecule has 0 atom stereocenters. The number of anilines is 1. The first kappa shape index (κ1) is 21.8. The van der Waals surface area contributed by atoms with Crippen LogP contribution >= 0.6 is 0 Å². The van der Waals surface area contributed by atoms with Crippen molar-refractivity contribution in [1.82, 2.24) is 10.9 Å². The molecule has 0 aliphatic carbocycles. The number of carbonyl (C=O) groups excluding carboxylic acids is 3. The van der Waals surface area contributed by atoms with Crippen molar-refractivity contribution in [2.75, 3.05) is 5.32 Å². The molecule has 3 aromatic carbocycles. The van der Waals surface area contributed by atoms with E-state index in [-0.39, 0.29) is 18.7 Å². The van der Waals surface area contributed by atoms with E-state index in [1.54, 1.807) is 12.1 Å². The Kier molecular flexibility index (Phi) is 7.17. The van der Waals surface area contributed by atoms with Crippen LogP contribution in [0.25, 0.3) is 11.1 Å². The molecule has 0 fully saturated rings. The van der Waals surface area contributed by atoms with Gasteiger partial charge >= 0.3 is 0 Å². The number of hydrogen-bond acceptors (Lipinski definition) is 3. The second-order valence-corrected chi connectivity index (χ2v) is 7.31. The van der Waals surface area contributed by atoms with E-state index >= 15 is 0 Å². The minimum absolute atomic E-state index is 0.0147. The molecule has 6 nitrogen and oxygen atoms in total. The predicted octanol–water partition coefficient (Wildman–Crippen LogP) is 4.15. The smallest absolute Gasteiger partial charge is 0.269 e. The van der Waals surface area contributed by atoms with Gasteiger partial charge in [-0.1, -0.05) is 54.6 Å². The van der Waals surface area contributed by atoms with Crippen molar-refractivity contribution in [2.45, 2.75) is 26.7 Å². The molecule has 3 amide bonds. The number of aryl methyl sites for hydroxylation is 2. The van der Waals surface area contributed by atoms with Crippen LogP contribution in [0.1, 0.15) is 34.3 Å². The molecule has 3 aromatic rings. The molecule has 0 aliphatic rings. The van der Waals surface area contributed by atoms with E-state index in [0.29, 0.717) is 5.56 Å².